The van der Waals surface area contributed by atoms with Gasteiger partial charge in [-0.2, -0.15) is 0 Å². The second-order valence-electron chi connectivity index (χ2n) is 2.83. The number of anilines is 1. The molecule has 0 aromatic carbocycles. The van der Waals surface area contributed by atoms with Gasteiger partial charge in [0.25, 0.3) is 0 Å². The van der Waals surface area contributed by atoms with Crippen LogP contribution in [-0.4, -0.2) is 37.2 Å². The Morgan fingerprint density at radius 2 is 2.12 bits per heavy atom. The molecule has 0 radical (unpaired) electrons. The van der Waals surface area contributed by atoms with Crippen molar-refractivity contribution in [1.82, 2.24) is 9.97 Å². The Balaban J connectivity index is 3.22. The Bertz CT molecular complexity index is 398. The fraction of sp³-hybridized carbons (Fsp3) is 0.444. The number of carbonyl (C=O) groups is 1. The van der Waals surface area contributed by atoms with Gasteiger partial charge in [-0.15, -0.1) is 0 Å². The number of nitrogens with zero attached hydrogens (tertiary/aromatic N) is 2. The standard InChI is InChI=1S/C9H12IN3O3/c1-11-7-6(10)5(4-15-2)12-8(13-7)9(14)16-3/h4H2,1-3H3,(H,11,12,13). The summed E-state index contributed by atoms with van der Waals surface area (Å²) in [6.07, 6.45) is 0. The van der Waals surface area contributed by atoms with Crippen molar-refractivity contribution >= 4 is 34.4 Å². The predicted octanol–water partition coefficient (Wildman–Crippen LogP) is 1.06. The van der Waals surface area contributed by atoms with Gasteiger partial charge in [0.05, 0.1) is 23.0 Å². The van der Waals surface area contributed by atoms with Crippen molar-refractivity contribution in [1.29, 1.82) is 0 Å². The number of carbonyl (C=O) groups excluding carboxylic acids is 1. The molecule has 88 valence electrons. The lowest BCUT2D eigenvalue weighted by Crippen LogP contribution is -2.13. The summed E-state index contributed by atoms with van der Waals surface area (Å²) in [5.41, 5.74) is 0.655. The van der Waals surface area contributed by atoms with Gasteiger partial charge in [0, 0.05) is 14.2 Å². The molecule has 0 aliphatic rings. The lowest BCUT2D eigenvalue weighted by Gasteiger charge is -2.09. The predicted molar refractivity (Wildman–Crippen MR) is 66.3 cm³/mol. The minimum absolute atomic E-state index is 0.0271. The summed E-state index contributed by atoms with van der Waals surface area (Å²) < 4.78 is 10.4. The molecule has 0 atom stereocenters. The molecule has 1 aromatic heterocycles. The van der Waals surface area contributed by atoms with E-state index in [0.717, 1.165) is 3.57 Å². The molecule has 7 heteroatoms. The third kappa shape index (κ3) is 2.79. The molecule has 0 unspecified atom stereocenters. The summed E-state index contributed by atoms with van der Waals surface area (Å²) in [5.74, 6) is 0.0487. The number of methoxy groups -OCH3 is 2. The van der Waals surface area contributed by atoms with Gasteiger partial charge in [-0.05, 0) is 22.6 Å². The van der Waals surface area contributed by atoms with Gasteiger partial charge < -0.3 is 14.8 Å². The Hall–Kier alpha value is -0.960. The van der Waals surface area contributed by atoms with E-state index in [1.807, 2.05) is 0 Å². The molecule has 16 heavy (non-hydrogen) atoms. The van der Waals surface area contributed by atoms with E-state index in [4.69, 9.17) is 4.74 Å². The largest absolute Gasteiger partial charge is 0.463 e. The molecule has 1 heterocycles. The number of aromatic nitrogens is 2. The van der Waals surface area contributed by atoms with Gasteiger partial charge in [-0.3, -0.25) is 0 Å². The molecule has 0 spiro atoms. The van der Waals surface area contributed by atoms with E-state index in [9.17, 15) is 4.79 Å². The number of esters is 1. The maximum atomic E-state index is 11.3. The maximum absolute atomic E-state index is 11.3. The smallest absolute Gasteiger partial charge is 0.376 e. The molecule has 0 saturated carbocycles. The molecule has 0 amide bonds. The van der Waals surface area contributed by atoms with Gasteiger partial charge >= 0.3 is 5.97 Å². The molecule has 0 fully saturated rings. The third-order valence-electron chi connectivity index (χ3n) is 1.81. The molecule has 0 bridgehead atoms. The number of nitrogens with one attached hydrogen (secondary N) is 1. The number of hydrogen-bond acceptors (Lipinski definition) is 6. The van der Waals surface area contributed by atoms with Gasteiger partial charge in [0.1, 0.15) is 5.82 Å². The van der Waals surface area contributed by atoms with Crippen LogP contribution >= 0.6 is 22.6 Å². The van der Waals surface area contributed by atoms with E-state index in [0.29, 0.717) is 18.1 Å². The third-order valence-corrected chi connectivity index (χ3v) is 2.94. The number of ether oxygens (including phenoxy) is 2. The van der Waals surface area contributed by atoms with E-state index >= 15 is 0 Å². The van der Waals surface area contributed by atoms with E-state index in [-0.39, 0.29) is 5.82 Å². The SMILES string of the molecule is CNc1nc(C(=O)OC)nc(COC)c1I. The highest BCUT2D eigenvalue weighted by Gasteiger charge is 2.16. The van der Waals surface area contributed by atoms with Crippen LogP contribution in [-0.2, 0) is 16.1 Å². The molecule has 0 saturated heterocycles. The zero-order valence-corrected chi connectivity index (χ0v) is 11.4. The van der Waals surface area contributed by atoms with Crippen molar-refractivity contribution in [2.45, 2.75) is 6.61 Å². The minimum atomic E-state index is -0.565. The van der Waals surface area contributed by atoms with Crippen LogP contribution in [0.15, 0.2) is 0 Å². The van der Waals surface area contributed by atoms with Crippen LogP contribution in [0, 0.1) is 3.57 Å². The topological polar surface area (TPSA) is 73.3 Å². The molecular weight excluding hydrogens is 325 g/mol. The number of hydrogen-bond donors (Lipinski definition) is 1. The van der Waals surface area contributed by atoms with Gasteiger partial charge in [0.15, 0.2) is 0 Å². The first-order valence-corrected chi connectivity index (χ1v) is 5.53. The summed E-state index contributed by atoms with van der Waals surface area (Å²) in [6.45, 7) is 0.319. The summed E-state index contributed by atoms with van der Waals surface area (Å²) in [7, 11) is 4.58. The fourth-order valence-corrected chi connectivity index (χ4v) is 1.74. The molecule has 6 nitrogen and oxygen atoms in total. The number of rotatable bonds is 4. The number of halogens is 1. The zero-order valence-electron chi connectivity index (χ0n) is 9.20. The Morgan fingerprint density at radius 3 is 2.62 bits per heavy atom. The van der Waals surface area contributed by atoms with Crippen molar-refractivity contribution in [3.63, 3.8) is 0 Å². The molecule has 1 N–H and O–H groups in total. The highest BCUT2D eigenvalue weighted by Crippen LogP contribution is 2.19. The molecule has 1 aromatic rings. The van der Waals surface area contributed by atoms with E-state index in [2.05, 4.69) is 42.6 Å². The summed E-state index contributed by atoms with van der Waals surface area (Å²) in [6, 6.07) is 0. The Labute approximate surface area is 107 Å². The van der Waals surface area contributed by atoms with Crippen molar-refractivity contribution in [3.05, 3.63) is 15.1 Å². The average molecular weight is 337 g/mol. The quantitative estimate of drug-likeness (QED) is 0.654. The van der Waals surface area contributed by atoms with Crippen molar-refractivity contribution in [3.8, 4) is 0 Å². The van der Waals surface area contributed by atoms with Gasteiger partial charge in [0.2, 0.25) is 5.82 Å². The fourth-order valence-electron chi connectivity index (χ4n) is 1.07. The van der Waals surface area contributed by atoms with Crippen LogP contribution in [0.1, 0.15) is 16.3 Å². The van der Waals surface area contributed by atoms with Crippen LogP contribution in [0.3, 0.4) is 0 Å². The maximum Gasteiger partial charge on any atom is 0.376 e. The van der Waals surface area contributed by atoms with Gasteiger partial charge in [-0.25, -0.2) is 14.8 Å². The first kappa shape index (κ1) is 13.1. The molecular formula is C9H12IN3O3. The Morgan fingerprint density at radius 1 is 1.44 bits per heavy atom. The van der Waals surface area contributed by atoms with E-state index in [1.165, 1.54) is 7.11 Å². The lowest BCUT2D eigenvalue weighted by molar-refractivity contribution is 0.0585. The highest BCUT2D eigenvalue weighted by molar-refractivity contribution is 14.1. The summed E-state index contributed by atoms with van der Waals surface area (Å²) in [4.78, 5) is 19.5. The first-order valence-electron chi connectivity index (χ1n) is 4.45. The monoisotopic (exact) mass is 337 g/mol. The van der Waals surface area contributed by atoms with E-state index < -0.39 is 5.97 Å². The molecule has 1 rings (SSSR count). The van der Waals surface area contributed by atoms with Crippen LogP contribution in [0.4, 0.5) is 5.82 Å². The second-order valence-corrected chi connectivity index (χ2v) is 3.91. The second kappa shape index (κ2) is 5.94. The van der Waals surface area contributed by atoms with Crippen LogP contribution < -0.4 is 5.32 Å². The normalized spacial score (nSPS) is 10.0. The average Bonchev–Trinajstić information content (AvgIpc) is 2.31. The van der Waals surface area contributed by atoms with Crippen LogP contribution in [0.25, 0.3) is 0 Å². The first-order chi connectivity index (χ1) is 7.63. The van der Waals surface area contributed by atoms with Gasteiger partial charge in [-0.1, -0.05) is 0 Å². The highest BCUT2D eigenvalue weighted by atomic mass is 127. The van der Waals surface area contributed by atoms with Crippen molar-refractivity contribution < 1.29 is 14.3 Å². The summed E-state index contributed by atoms with van der Waals surface area (Å²) in [5, 5.41) is 2.89. The summed E-state index contributed by atoms with van der Waals surface area (Å²) >= 11 is 2.10. The van der Waals surface area contributed by atoms with Crippen LogP contribution in [0.2, 0.25) is 0 Å². The van der Waals surface area contributed by atoms with E-state index in [1.54, 1.807) is 14.2 Å². The van der Waals surface area contributed by atoms with Crippen molar-refractivity contribution in [2.75, 3.05) is 26.6 Å². The Kier molecular flexibility index (Phi) is 4.87. The van der Waals surface area contributed by atoms with Crippen molar-refractivity contribution in [2.24, 2.45) is 0 Å². The molecule has 0 aliphatic heterocycles. The zero-order chi connectivity index (χ0) is 12.1. The minimum Gasteiger partial charge on any atom is -0.463 e. The van der Waals surface area contributed by atoms with Crippen LogP contribution in [0.5, 0.6) is 0 Å². The molecule has 0 aliphatic carbocycles. The lowest BCUT2D eigenvalue weighted by atomic mass is 10.4.